The van der Waals surface area contributed by atoms with Crippen LogP contribution in [0.15, 0.2) is 36.4 Å². The molecule has 2 rings (SSSR count). The van der Waals surface area contributed by atoms with E-state index >= 15 is 0 Å². The van der Waals surface area contributed by atoms with Gasteiger partial charge in [-0.1, -0.05) is 0 Å². The van der Waals surface area contributed by atoms with Gasteiger partial charge in [-0.05, 0) is 24.3 Å². The molecule has 21 heavy (non-hydrogen) atoms. The number of halogens is 2. The fourth-order valence-electron chi connectivity index (χ4n) is 1.69. The van der Waals surface area contributed by atoms with E-state index in [1.54, 1.807) is 0 Å². The summed E-state index contributed by atoms with van der Waals surface area (Å²) in [4.78, 5) is 20.8. The van der Waals surface area contributed by atoms with Crippen LogP contribution in [0.4, 0.5) is 25.8 Å². The number of nitro groups is 1. The number of carbonyl (C=O) groups is 1. The third-order valence-electron chi connectivity index (χ3n) is 2.63. The van der Waals surface area contributed by atoms with Gasteiger partial charge < -0.3 is 10.4 Å². The van der Waals surface area contributed by atoms with Crippen LogP contribution >= 0.6 is 0 Å². The quantitative estimate of drug-likeness (QED) is 0.666. The Labute approximate surface area is 116 Å². The zero-order valence-corrected chi connectivity index (χ0v) is 10.3. The van der Waals surface area contributed by atoms with Crippen molar-refractivity contribution in [3.63, 3.8) is 0 Å². The number of carboxylic acids is 1. The van der Waals surface area contributed by atoms with Gasteiger partial charge in [0.2, 0.25) is 0 Å². The highest BCUT2D eigenvalue weighted by Gasteiger charge is 2.20. The summed E-state index contributed by atoms with van der Waals surface area (Å²) in [5.41, 5.74) is -1.29. The first-order chi connectivity index (χ1) is 9.88. The first kappa shape index (κ1) is 14.4. The molecule has 2 N–H and O–H groups in total. The maximum absolute atomic E-state index is 13.5. The zero-order valence-electron chi connectivity index (χ0n) is 10.3. The number of rotatable bonds is 4. The van der Waals surface area contributed by atoms with Crippen LogP contribution in [0.5, 0.6) is 0 Å². The Balaban J connectivity index is 2.41. The molecule has 108 valence electrons. The summed E-state index contributed by atoms with van der Waals surface area (Å²) in [6.07, 6.45) is 0. The number of nitrogens with zero attached hydrogens (tertiary/aromatic N) is 1. The van der Waals surface area contributed by atoms with E-state index in [-0.39, 0.29) is 11.4 Å². The molecule has 0 bridgehead atoms. The van der Waals surface area contributed by atoms with Gasteiger partial charge in [0.25, 0.3) is 5.69 Å². The molecule has 0 spiro atoms. The highest BCUT2D eigenvalue weighted by atomic mass is 19.1. The first-order valence-corrected chi connectivity index (χ1v) is 5.62. The average molecular weight is 294 g/mol. The largest absolute Gasteiger partial charge is 0.477 e. The first-order valence-electron chi connectivity index (χ1n) is 5.62. The van der Waals surface area contributed by atoms with Crippen molar-refractivity contribution in [1.82, 2.24) is 0 Å². The fraction of sp³-hybridized carbons (Fsp3) is 0. The van der Waals surface area contributed by atoms with Gasteiger partial charge in [0.15, 0.2) is 0 Å². The predicted octanol–water partition coefficient (Wildman–Crippen LogP) is 3.31. The van der Waals surface area contributed by atoms with Crippen molar-refractivity contribution in [2.75, 3.05) is 5.32 Å². The maximum Gasteiger partial charge on any atom is 0.342 e. The van der Waals surface area contributed by atoms with Crippen LogP contribution in [0, 0.1) is 21.7 Å². The molecule has 0 aliphatic rings. The second kappa shape index (κ2) is 5.53. The van der Waals surface area contributed by atoms with E-state index in [4.69, 9.17) is 5.11 Å². The molecule has 0 saturated carbocycles. The van der Waals surface area contributed by atoms with Crippen molar-refractivity contribution < 1.29 is 23.6 Å². The normalized spacial score (nSPS) is 10.2. The molecule has 0 atom stereocenters. The van der Waals surface area contributed by atoms with Gasteiger partial charge >= 0.3 is 5.97 Å². The van der Waals surface area contributed by atoms with Crippen molar-refractivity contribution in [2.24, 2.45) is 0 Å². The SMILES string of the molecule is O=C(O)c1ccc(Nc2cc(F)ccc2F)cc1[N+](=O)[O-]. The molecular weight excluding hydrogens is 286 g/mol. The van der Waals surface area contributed by atoms with E-state index in [0.717, 1.165) is 30.3 Å². The summed E-state index contributed by atoms with van der Waals surface area (Å²) in [6, 6.07) is 5.88. The number of aromatic carboxylic acids is 1. The summed E-state index contributed by atoms with van der Waals surface area (Å²) in [7, 11) is 0. The van der Waals surface area contributed by atoms with E-state index in [1.807, 2.05) is 0 Å². The number of nitrogens with one attached hydrogen (secondary N) is 1. The molecule has 0 fully saturated rings. The number of hydrogen-bond donors (Lipinski definition) is 2. The lowest BCUT2D eigenvalue weighted by Gasteiger charge is -2.08. The summed E-state index contributed by atoms with van der Waals surface area (Å²) in [5.74, 6) is -2.89. The van der Waals surface area contributed by atoms with Gasteiger partial charge in [0.1, 0.15) is 17.2 Å². The van der Waals surface area contributed by atoms with Crippen molar-refractivity contribution in [3.8, 4) is 0 Å². The Kier molecular flexibility index (Phi) is 3.79. The molecule has 0 heterocycles. The van der Waals surface area contributed by atoms with Gasteiger partial charge in [-0.2, -0.15) is 0 Å². The standard InChI is InChI=1S/C13H8F2N2O4/c14-7-1-4-10(15)11(5-7)16-8-2-3-9(13(18)19)12(6-8)17(20)21/h1-6,16H,(H,18,19). The van der Waals surface area contributed by atoms with Crippen LogP contribution in [0.2, 0.25) is 0 Å². The molecule has 2 aromatic carbocycles. The van der Waals surface area contributed by atoms with Crippen molar-refractivity contribution in [3.05, 3.63) is 63.7 Å². The van der Waals surface area contributed by atoms with Crippen LogP contribution < -0.4 is 5.32 Å². The van der Waals surface area contributed by atoms with Gasteiger partial charge in [0.05, 0.1) is 10.6 Å². The lowest BCUT2D eigenvalue weighted by Crippen LogP contribution is -2.03. The molecule has 8 heteroatoms. The third kappa shape index (κ3) is 3.11. The average Bonchev–Trinajstić information content (AvgIpc) is 2.42. The van der Waals surface area contributed by atoms with Gasteiger partial charge in [-0.15, -0.1) is 0 Å². The van der Waals surface area contributed by atoms with Crippen LogP contribution in [0.3, 0.4) is 0 Å². The number of hydrogen-bond acceptors (Lipinski definition) is 4. The molecule has 0 aliphatic heterocycles. The zero-order chi connectivity index (χ0) is 15.6. The fourth-order valence-corrected chi connectivity index (χ4v) is 1.69. The molecule has 0 radical (unpaired) electrons. The molecule has 0 saturated heterocycles. The summed E-state index contributed by atoms with van der Waals surface area (Å²) in [6.45, 7) is 0. The maximum atomic E-state index is 13.5. The smallest absolute Gasteiger partial charge is 0.342 e. The summed E-state index contributed by atoms with van der Waals surface area (Å²) in [5, 5.41) is 22.1. The monoisotopic (exact) mass is 294 g/mol. The molecule has 6 nitrogen and oxygen atoms in total. The lowest BCUT2D eigenvalue weighted by atomic mass is 10.1. The molecular formula is C13H8F2N2O4. The van der Waals surface area contributed by atoms with E-state index < -0.39 is 33.8 Å². The Morgan fingerprint density at radius 3 is 2.52 bits per heavy atom. The second-order valence-corrected chi connectivity index (χ2v) is 4.04. The summed E-state index contributed by atoms with van der Waals surface area (Å²) >= 11 is 0. The molecule has 2 aromatic rings. The van der Waals surface area contributed by atoms with E-state index in [2.05, 4.69) is 5.32 Å². The molecule has 0 unspecified atom stereocenters. The second-order valence-electron chi connectivity index (χ2n) is 4.04. The lowest BCUT2D eigenvalue weighted by molar-refractivity contribution is -0.385. The van der Waals surface area contributed by atoms with Crippen LogP contribution in [0.1, 0.15) is 10.4 Å². The van der Waals surface area contributed by atoms with Crippen LogP contribution in [0.25, 0.3) is 0 Å². The topological polar surface area (TPSA) is 92.5 Å². The number of benzene rings is 2. The Morgan fingerprint density at radius 1 is 1.19 bits per heavy atom. The van der Waals surface area contributed by atoms with Crippen molar-refractivity contribution >= 4 is 23.0 Å². The highest BCUT2D eigenvalue weighted by Crippen LogP contribution is 2.27. The third-order valence-corrected chi connectivity index (χ3v) is 2.63. The minimum absolute atomic E-state index is 0.0659. The van der Waals surface area contributed by atoms with Crippen molar-refractivity contribution in [2.45, 2.75) is 0 Å². The highest BCUT2D eigenvalue weighted by molar-refractivity contribution is 5.93. The van der Waals surface area contributed by atoms with Gasteiger partial charge in [-0.3, -0.25) is 10.1 Å². The predicted molar refractivity (Wildman–Crippen MR) is 69.7 cm³/mol. The van der Waals surface area contributed by atoms with Crippen LogP contribution in [-0.2, 0) is 0 Å². The van der Waals surface area contributed by atoms with Gasteiger partial charge in [0, 0.05) is 17.8 Å². The number of anilines is 2. The number of carboxylic acid groups (broad SMARTS) is 1. The van der Waals surface area contributed by atoms with Gasteiger partial charge in [-0.25, -0.2) is 13.6 Å². The Hall–Kier alpha value is -3.03. The van der Waals surface area contributed by atoms with Crippen molar-refractivity contribution in [1.29, 1.82) is 0 Å². The summed E-state index contributed by atoms with van der Waals surface area (Å²) < 4.78 is 26.5. The number of nitro benzene ring substituents is 1. The minimum atomic E-state index is -1.45. The Bertz CT molecular complexity index is 734. The van der Waals surface area contributed by atoms with Crippen LogP contribution in [-0.4, -0.2) is 16.0 Å². The molecule has 0 amide bonds. The van der Waals surface area contributed by atoms with E-state index in [0.29, 0.717) is 0 Å². The minimum Gasteiger partial charge on any atom is -0.477 e. The Morgan fingerprint density at radius 2 is 1.90 bits per heavy atom. The molecule has 0 aliphatic carbocycles. The van der Waals surface area contributed by atoms with E-state index in [9.17, 15) is 23.7 Å². The molecule has 0 aromatic heterocycles. The van der Waals surface area contributed by atoms with E-state index in [1.165, 1.54) is 6.07 Å².